The van der Waals surface area contributed by atoms with Gasteiger partial charge >= 0.3 is 0 Å². The molecule has 2 unspecified atom stereocenters. The molecule has 162 valence electrons. The summed E-state index contributed by atoms with van der Waals surface area (Å²) >= 11 is 5.74. The van der Waals surface area contributed by atoms with Gasteiger partial charge in [-0.05, 0) is 31.5 Å². The molecule has 1 aliphatic rings. The first-order chi connectivity index (χ1) is 14.3. The second-order valence-electron chi connectivity index (χ2n) is 8.27. The second-order valence-corrected chi connectivity index (χ2v) is 12.9. The van der Waals surface area contributed by atoms with E-state index < -0.39 is 14.8 Å². The molecular formula is C24H33N3OS2. The zero-order valence-corrected chi connectivity index (χ0v) is 20.0. The number of nitrogens with one attached hydrogen (secondary N) is 2. The fourth-order valence-corrected chi connectivity index (χ4v) is 8.18. The Labute approximate surface area is 186 Å². The van der Waals surface area contributed by atoms with Gasteiger partial charge in [0, 0.05) is 20.3 Å². The highest BCUT2D eigenvalue weighted by molar-refractivity contribution is 8.30. The van der Waals surface area contributed by atoms with Gasteiger partial charge in [0.15, 0.2) is 5.17 Å². The predicted molar refractivity (Wildman–Crippen MR) is 133 cm³/mol. The van der Waals surface area contributed by atoms with E-state index in [4.69, 9.17) is 17.2 Å². The molecule has 2 aromatic rings. The highest BCUT2D eigenvalue weighted by Crippen LogP contribution is 2.41. The lowest BCUT2D eigenvalue weighted by Crippen LogP contribution is -2.63. The Morgan fingerprint density at radius 3 is 2.30 bits per heavy atom. The van der Waals surface area contributed by atoms with Crippen LogP contribution >= 0.6 is 12.2 Å². The summed E-state index contributed by atoms with van der Waals surface area (Å²) in [4.78, 5) is 5.64. The lowest BCUT2D eigenvalue weighted by Gasteiger charge is -2.47. The minimum atomic E-state index is -3.61. The fraction of sp³-hybridized carbons (Fsp3) is 0.417. The van der Waals surface area contributed by atoms with Gasteiger partial charge in [0.25, 0.3) is 0 Å². The Hall–Kier alpha value is -1.89. The number of unbranched alkanes of at least 4 members (excludes halogenated alkanes) is 1. The van der Waals surface area contributed by atoms with E-state index in [0.29, 0.717) is 15.9 Å². The number of thiocarbonyl (C=S) groups is 1. The Kier molecular flexibility index (Phi) is 6.60. The van der Waals surface area contributed by atoms with E-state index in [1.165, 1.54) is 0 Å². The standard InChI is InChI=1S/C24H33N3OS2/c1-5-6-13-19(2)30(28,25-4,18-20-14-9-7-10-15-20)23-26-22(29)24(3,27-23)21-16-11-8-12-17-21/h7-12,14-17,19H,5-6,13,18H2,1-4H3,(H,25,28)(H,26,27,29). The van der Waals surface area contributed by atoms with Crippen LogP contribution in [0.2, 0.25) is 0 Å². The third kappa shape index (κ3) is 3.88. The van der Waals surface area contributed by atoms with Crippen LogP contribution in [0.15, 0.2) is 65.7 Å². The zero-order valence-electron chi connectivity index (χ0n) is 18.4. The molecule has 0 aliphatic carbocycles. The van der Waals surface area contributed by atoms with Gasteiger partial charge in [0.2, 0.25) is 0 Å². The van der Waals surface area contributed by atoms with Crippen LogP contribution in [0.25, 0.3) is 0 Å². The summed E-state index contributed by atoms with van der Waals surface area (Å²) in [5.74, 6) is 0.388. The minimum Gasteiger partial charge on any atom is -0.325 e. The molecule has 2 N–H and O–H groups in total. The number of amidine groups is 1. The van der Waals surface area contributed by atoms with Gasteiger partial charge in [0.05, 0.1) is 0 Å². The van der Waals surface area contributed by atoms with Gasteiger partial charge in [-0.3, -0.25) is 8.93 Å². The summed E-state index contributed by atoms with van der Waals surface area (Å²) in [6.45, 7) is 6.24. The van der Waals surface area contributed by atoms with Crippen molar-refractivity contribution in [3.05, 3.63) is 71.8 Å². The third-order valence-electron chi connectivity index (χ3n) is 6.31. The van der Waals surface area contributed by atoms with Gasteiger partial charge in [-0.15, -0.1) is 0 Å². The average molecular weight is 444 g/mol. The molecule has 1 aliphatic heterocycles. The summed E-state index contributed by atoms with van der Waals surface area (Å²) in [6, 6.07) is 20.0. The van der Waals surface area contributed by atoms with Crippen molar-refractivity contribution in [3.8, 4) is 0 Å². The molecule has 0 radical (unpaired) electrons. The van der Waals surface area contributed by atoms with Gasteiger partial charge < -0.3 is 5.32 Å². The summed E-state index contributed by atoms with van der Waals surface area (Å²) in [5.41, 5.74) is 1.29. The number of hydrogen-bond acceptors (Lipinski definition) is 3. The Bertz CT molecular complexity index is 990. The number of rotatable bonds is 8. The van der Waals surface area contributed by atoms with E-state index in [0.717, 1.165) is 30.4 Å². The quantitative estimate of drug-likeness (QED) is 0.569. The Morgan fingerprint density at radius 1 is 1.13 bits per heavy atom. The lowest BCUT2D eigenvalue weighted by atomic mass is 9.93. The van der Waals surface area contributed by atoms with Gasteiger partial charge in [-0.25, -0.2) is 4.99 Å². The first kappa shape index (κ1) is 22.8. The van der Waals surface area contributed by atoms with Crippen LogP contribution in [0.3, 0.4) is 0 Å². The first-order valence-electron chi connectivity index (χ1n) is 10.6. The molecule has 0 amide bonds. The zero-order chi connectivity index (χ0) is 21.9. The maximum Gasteiger partial charge on any atom is 0.185 e. The van der Waals surface area contributed by atoms with Crippen molar-refractivity contribution in [2.24, 2.45) is 4.99 Å². The van der Waals surface area contributed by atoms with Crippen LogP contribution in [-0.2, 0) is 20.5 Å². The Balaban J connectivity index is 2.16. The van der Waals surface area contributed by atoms with Crippen molar-refractivity contribution >= 4 is 31.6 Å². The molecule has 2 atom stereocenters. The van der Waals surface area contributed by atoms with Gasteiger partial charge in [-0.2, -0.15) is 0 Å². The lowest BCUT2D eigenvalue weighted by molar-refractivity contribution is 0.619. The minimum absolute atomic E-state index is 0.0978. The van der Waals surface area contributed by atoms with Crippen molar-refractivity contribution in [2.45, 2.75) is 56.6 Å². The van der Waals surface area contributed by atoms with Crippen molar-refractivity contribution in [1.29, 1.82) is 0 Å². The molecule has 0 spiro atoms. The highest BCUT2D eigenvalue weighted by atomic mass is 32.3. The van der Waals surface area contributed by atoms with Crippen LogP contribution in [0, 0.1) is 0 Å². The molecular weight excluding hydrogens is 410 g/mol. The van der Waals surface area contributed by atoms with E-state index in [2.05, 4.69) is 23.9 Å². The van der Waals surface area contributed by atoms with Crippen molar-refractivity contribution in [2.75, 3.05) is 7.05 Å². The molecule has 0 bridgehead atoms. The normalized spacial score (nSPS) is 21.4. The molecule has 0 aromatic heterocycles. The number of aliphatic imine (C=N–C) groups is 1. The summed E-state index contributed by atoms with van der Waals surface area (Å²) in [5, 5.41) is 3.71. The van der Waals surface area contributed by atoms with Crippen LogP contribution in [-0.4, -0.2) is 26.7 Å². The molecule has 3 rings (SSSR count). The topological polar surface area (TPSA) is 53.5 Å². The van der Waals surface area contributed by atoms with E-state index in [9.17, 15) is 0 Å². The van der Waals surface area contributed by atoms with Crippen molar-refractivity contribution in [3.63, 3.8) is 0 Å². The number of nitrogens with zero attached hydrogens (tertiary/aromatic N) is 1. The predicted octanol–water partition coefficient (Wildman–Crippen LogP) is 4.92. The molecule has 1 heterocycles. The molecule has 0 saturated carbocycles. The maximum atomic E-state index is 15.2. The van der Waals surface area contributed by atoms with Crippen LogP contribution in [0.5, 0.6) is 0 Å². The van der Waals surface area contributed by atoms with Gasteiger partial charge in [-0.1, -0.05) is 99.6 Å². The molecule has 6 heteroatoms. The van der Waals surface area contributed by atoms with Crippen LogP contribution in [0.1, 0.15) is 51.2 Å². The summed E-state index contributed by atoms with van der Waals surface area (Å²) in [6.07, 6.45) is 2.92. The third-order valence-corrected chi connectivity index (χ3v) is 11.6. The highest BCUT2D eigenvalue weighted by Gasteiger charge is 2.52. The summed E-state index contributed by atoms with van der Waals surface area (Å²) < 4.78 is 18.5. The van der Waals surface area contributed by atoms with Crippen LogP contribution in [0.4, 0.5) is 0 Å². The first-order valence-corrected chi connectivity index (χ1v) is 13.2. The van der Waals surface area contributed by atoms with E-state index in [-0.39, 0.29) is 5.25 Å². The second kappa shape index (κ2) is 8.69. The number of hydrogen-bond donors (Lipinski definition) is 2. The van der Waals surface area contributed by atoms with E-state index in [1.54, 1.807) is 7.05 Å². The van der Waals surface area contributed by atoms with E-state index in [1.807, 2.05) is 67.6 Å². The fourth-order valence-electron chi connectivity index (χ4n) is 4.09. The maximum absolute atomic E-state index is 15.2. The largest absolute Gasteiger partial charge is 0.325 e. The number of benzene rings is 2. The average Bonchev–Trinajstić information content (AvgIpc) is 3.10. The molecule has 0 saturated heterocycles. The smallest absolute Gasteiger partial charge is 0.185 e. The molecule has 30 heavy (non-hydrogen) atoms. The van der Waals surface area contributed by atoms with Crippen molar-refractivity contribution in [1.82, 2.24) is 10.0 Å². The monoisotopic (exact) mass is 443 g/mol. The Morgan fingerprint density at radius 2 is 1.73 bits per heavy atom. The molecule has 0 fully saturated rings. The van der Waals surface area contributed by atoms with E-state index >= 15 is 4.21 Å². The SMILES string of the molecule is CCCCC(C)S(=O)(Cc1ccccc1)(NC)C1=NC(C)(c2ccccc2)C(=S)N1. The molecule has 4 nitrogen and oxygen atoms in total. The summed E-state index contributed by atoms with van der Waals surface area (Å²) in [7, 11) is -1.82. The van der Waals surface area contributed by atoms with Crippen LogP contribution < -0.4 is 10.0 Å². The molecule has 2 aromatic carbocycles. The van der Waals surface area contributed by atoms with Gasteiger partial charge in [0.1, 0.15) is 10.5 Å². The van der Waals surface area contributed by atoms with Crippen molar-refractivity contribution < 1.29 is 4.21 Å².